The highest BCUT2D eigenvalue weighted by Gasteiger charge is 2.29. The van der Waals surface area contributed by atoms with E-state index in [1.165, 1.54) is 4.52 Å². The number of nitrogens with zero attached hydrogens (tertiary/aromatic N) is 6. The lowest BCUT2D eigenvalue weighted by Crippen LogP contribution is -2.40. The number of hydrogen-bond acceptors (Lipinski definition) is 5. The standard InChI is InChI=1S/C29H25N9O/c1-18(33-29(39)24-26(30)35-37-16-8-15-31-28(24)37)27-34-23-12-7-9-20(13-14-21-17-32-36(3)19(21)2)25(23)38(27)22-10-5-4-6-11-22/h4-12,15-18H,1-3H3,(H3,30,33,35,39)/p+1/t18-/m1/s1. The highest BCUT2D eigenvalue weighted by molar-refractivity contribution is 6.04. The molecule has 1 atom stereocenters. The molecule has 192 valence electrons. The van der Waals surface area contributed by atoms with Crippen LogP contribution >= 0.6 is 0 Å². The van der Waals surface area contributed by atoms with Gasteiger partial charge >= 0.3 is 0 Å². The van der Waals surface area contributed by atoms with Crippen LogP contribution in [0.4, 0.5) is 5.82 Å². The van der Waals surface area contributed by atoms with Crippen LogP contribution in [0.3, 0.4) is 0 Å². The highest BCUT2D eigenvalue weighted by atomic mass is 16.1. The molecule has 0 fully saturated rings. The van der Waals surface area contributed by atoms with Gasteiger partial charge in [-0.15, -0.1) is 5.10 Å². The predicted octanol–water partition coefficient (Wildman–Crippen LogP) is 3.00. The number of H-pyrrole nitrogens is 1. The van der Waals surface area contributed by atoms with E-state index in [1.54, 1.807) is 29.3 Å². The Morgan fingerprint density at radius 3 is 2.67 bits per heavy atom. The Morgan fingerprint density at radius 1 is 1.10 bits per heavy atom. The second kappa shape index (κ2) is 9.46. The van der Waals surface area contributed by atoms with E-state index in [-0.39, 0.29) is 17.3 Å². The third kappa shape index (κ3) is 4.16. The summed E-state index contributed by atoms with van der Waals surface area (Å²) in [6.07, 6.45) is 5.08. The maximum absolute atomic E-state index is 13.4. The number of aryl methyl sites for hydroxylation is 1. The average Bonchev–Trinajstić information content (AvgIpc) is 3.60. The molecule has 2 aromatic carbocycles. The van der Waals surface area contributed by atoms with Gasteiger partial charge in [0.15, 0.2) is 22.5 Å². The van der Waals surface area contributed by atoms with Gasteiger partial charge in [0.1, 0.15) is 17.3 Å². The number of para-hydroxylation sites is 2. The highest BCUT2D eigenvalue weighted by Crippen LogP contribution is 2.22. The summed E-state index contributed by atoms with van der Waals surface area (Å²) in [5.41, 5.74) is 12.2. The van der Waals surface area contributed by atoms with Crippen LogP contribution in [0.2, 0.25) is 0 Å². The fourth-order valence-electron chi connectivity index (χ4n) is 4.66. The molecule has 0 spiro atoms. The Hall–Kier alpha value is -5.43. The summed E-state index contributed by atoms with van der Waals surface area (Å²) in [6, 6.07) is 17.2. The summed E-state index contributed by atoms with van der Waals surface area (Å²) < 4.78 is 5.40. The van der Waals surface area contributed by atoms with Crippen LogP contribution in [-0.4, -0.2) is 35.3 Å². The van der Waals surface area contributed by atoms with Gasteiger partial charge in [0, 0.05) is 19.4 Å². The first-order valence-electron chi connectivity index (χ1n) is 12.4. The van der Waals surface area contributed by atoms with E-state index in [4.69, 9.17) is 5.73 Å². The molecule has 0 radical (unpaired) electrons. The smallest absolute Gasteiger partial charge is 0.283 e. The number of carbonyl (C=O) groups excluding carboxylic acids is 1. The molecule has 0 saturated carbocycles. The molecule has 10 nitrogen and oxygen atoms in total. The van der Waals surface area contributed by atoms with Gasteiger partial charge in [-0.05, 0) is 44.2 Å². The van der Waals surface area contributed by atoms with Crippen molar-refractivity contribution in [2.45, 2.75) is 19.9 Å². The number of amides is 1. The van der Waals surface area contributed by atoms with Crippen LogP contribution in [0.15, 0.2) is 73.2 Å². The molecule has 0 bridgehead atoms. The molecule has 0 saturated heterocycles. The van der Waals surface area contributed by atoms with Gasteiger partial charge in [-0.25, -0.2) is 14.5 Å². The summed E-state index contributed by atoms with van der Waals surface area (Å²) >= 11 is 0. The van der Waals surface area contributed by atoms with Crippen molar-refractivity contribution in [1.82, 2.24) is 34.7 Å². The number of aromatic amines is 1. The lowest BCUT2D eigenvalue weighted by Gasteiger charge is -2.11. The topological polar surface area (TPSA) is 123 Å². The molecule has 6 aromatic rings. The fraction of sp³-hybridized carbons (Fsp3) is 0.138. The summed E-state index contributed by atoms with van der Waals surface area (Å²) in [6.45, 7) is 3.91. The van der Waals surface area contributed by atoms with Crippen molar-refractivity contribution in [2.24, 2.45) is 7.05 Å². The number of fused-ring (bicyclic) bond motifs is 2. The number of aromatic nitrogens is 7. The number of anilines is 1. The second-order valence-electron chi connectivity index (χ2n) is 9.24. The van der Waals surface area contributed by atoms with E-state index in [9.17, 15) is 4.79 Å². The number of nitrogens with one attached hydrogen (secondary N) is 2. The summed E-state index contributed by atoms with van der Waals surface area (Å²) in [4.78, 5) is 21.2. The largest absolute Gasteiger partial charge is 0.381 e. The molecule has 4 aromatic heterocycles. The number of benzene rings is 2. The first kappa shape index (κ1) is 23.9. The van der Waals surface area contributed by atoms with Crippen molar-refractivity contribution in [1.29, 1.82) is 0 Å². The molecule has 4 heterocycles. The molecule has 0 aliphatic heterocycles. The van der Waals surface area contributed by atoms with Gasteiger partial charge < -0.3 is 11.1 Å². The molecule has 0 aliphatic rings. The van der Waals surface area contributed by atoms with E-state index < -0.39 is 6.04 Å². The molecule has 39 heavy (non-hydrogen) atoms. The van der Waals surface area contributed by atoms with Crippen molar-refractivity contribution in [3.63, 3.8) is 0 Å². The van der Waals surface area contributed by atoms with Crippen LogP contribution < -0.4 is 15.6 Å². The third-order valence-corrected chi connectivity index (χ3v) is 6.75. The molecule has 0 unspecified atom stereocenters. The SMILES string of the molecule is Cc1c(C#Cc2cccc3[nH]c([C@@H](C)NC(=O)c4c(N)nn5cccnc45)[n+](-c4ccccc4)c23)cnn1C. The Kier molecular flexibility index (Phi) is 5.81. The Bertz CT molecular complexity index is 1920. The number of carbonyl (C=O) groups is 1. The first-order valence-corrected chi connectivity index (χ1v) is 12.4. The maximum atomic E-state index is 13.4. The molecule has 6 rings (SSSR count). The minimum Gasteiger partial charge on any atom is -0.381 e. The van der Waals surface area contributed by atoms with Gasteiger partial charge in [0.05, 0.1) is 23.0 Å². The van der Waals surface area contributed by atoms with Crippen molar-refractivity contribution < 1.29 is 9.36 Å². The second-order valence-corrected chi connectivity index (χ2v) is 9.24. The van der Waals surface area contributed by atoms with Crippen LogP contribution in [0, 0.1) is 18.8 Å². The van der Waals surface area contributed by atoms with Crippen molar-refractivity contribution >= 4 is 28.4 Å². The van der Waals surface area contributed by atoms with E-state index in [2.05, 4.69) is 41.9 Å². The van der Waals surface area contributed by atoms with E-state index in [0.29, 0.717) is 5.65 Å². The normalized spacial score (nSPS) is 11.9. The summed E-state index contributed by atoms with van der Waals surface area (Å²) in [7, 11) is 1.90. The lowest BCUT2D eigenvalue weighted by molar-refractivity contribution is -0.578. The molecule has 0 aliphatic carbocycles. The quantitative estimate of drug-likeness (QED) is 0.246. The van der Waals surface area contributed by atoms with E-state index in [0.717, 1.165) is 39.4 Å². The monoisotopic (exact) mass is 516 g/mol. The van der Waals surface area contributed by atoms with Gasteiger partial charge in [-0.3, -0.25) is 9.48 Å². The van der Waals surface area contributed by atoms with Crippen LogP contribution in [0.5, 0.6) is 0 Å². The van der Waals surface area contributed by atoms with Crippen LogP contribution in [-0.2, 0) is 7.05 Å². The lowest BCUT2D eigenvalue weighted by atomic mass is 10.1. The predicted molar refractivity (Wildman–Crippen MR) is 147 cm³/mol. The molecule has 4 N–H and O–H groups in total. The summed E-state index contributed by atoms with van der Waals surface area (Å²) in [5, 5.41) is 11.6. The van der Waals surface area contributed by atoms with Crippen molar-refractivity contribution in [3.05, 3.63) is 101 Å². The molecular weight excluding hydrogens is 490 g/mol. The Balaban J connectivity index is 1.46. The zero-order valence-electron chi connectivity index (χ0n) is 21.7. The van der Waals surface area contributed by atoms with E-state index >= 15 is 0 Å². The van der Waals surface area contributed by atoms with E-state index in [1.807, 2.05) is 69.4 Å². The summed E-state index contributed by atoms with van der Waals surface area (Å²) in [5.74, 6) is 7.15. The number of nitrogens with two attached hydrogens (primary N) is 1. The van der Waals surface area contributed by atoms with Gasteiger partial charge in [0.25, 0.3) is 11.7 Å². The van der Waals surface area contributed by atoms with Gasteiger partial charge in [-0.2, -0.15) is 9.67 Å². The first-order chi connectivity index (χ1) is 18.9. The minimum absolute atomic E-state index is 0.120. The van der Waals surface area contributed by atoms with Gasteiger partial charge in [0.2, 0.25) is 0 Å². The maximum Gasteiger partial charge on any atom is 0.283 e. The molecule has 10 heteroatoms. The number of rotatable bonds is 4. The van der Waals surface area contributed by atoms with Crippen molar-refractivity contribution in [3.8, 4) is 17.5 Å². The zero-order chi connectivity index (χ0) is 27.1. The third-order valence-electron chi connectivity index (χ3n) is 6.75. The van der Waals surface area contributed by atoms with Crippen LogP contribution in [0.1, 0.15) is 46.0 Å². The molecule has 1 amide bonds. The zero-order valence-corrected chi connectivity index (χ0v) is 21.7. The van der Waals surface area contributed by atoms with Crippen molar-refractivity contribution in [2.75, 3.05) is 5.73 Å². The average molecular weight is 517 g/mol. The number of imidazole rings is 1. The Morgan fingerprint density at radius 2 is 1.90 bits per heavy atom. The van der Waals surface area contributed by atoms with Crippen LogP contribution in [0.25, 0.3) is 22.4 Å². The van der Waals surface area contributed by atoms with Gasteiger partial charge in [-0.1, -0.05) is 36.1 Å². The number of hydrogen-bond donors (Lipinski definition) is 3. The minimum atomic E-state index is -0.426. The number of nitrogen functional groups attached to an aromatic ring is 1. The fourth-order valence-corrected chi connectivity index (χ4v) is 4.66. The Labute approximate surface area is 224 Å². The molecular formula is C29H26N9O+.